The van der Waals surface area contributed by atoms with Gasteiger partial charge in [-0.25, -0.2) is 0 Å². The molecule has 2 N–H and O–H groups in total. The Kier molecular flexibility index (Phi) is 7.51. The molecule has 0 radical (unpaired) electrons. The van der Waals surface area contributed by atoms with E-state index in [-0.39, 0.29) is 17.9 Å². The van der Waals surface area contributed by atoms with Crippen LogP contribution in [0, 0.1) is 5.92 Å². The summed E-state index contributed by atoms with van der Waals surface area (Å²) >= 11 is 0. The highest BCUT2D eigenvalue weighted by Crippen LogP contribution is 2.18. The van der Waals surface area contributed by atoms with Crippen molar-refractivity contribution < 1.29 is 14.3 Å². The summed E-state index contributed by atoms with van der Waals surface area (Å²) in [7, 11) is 0. The highest BCUT2D eigenvalue weighted by atomic mass is 16.5. The Labute approximate surface area is 149 Å². The Hall–Kier alpha value is -2.30. The molecule has 0 bridgehead atoms. The predicted octanol–water partition coefficient (Wildman–Crippen LogP) is 3.07. The Morgan fingerprint density at radius 1 is 1.20 bits per heavy atom. The molecule has 1 heterocycles. The van der Waals surface area contributed by atoms with Crippen LogP contribution in [-0.4, -0.2) is 31.0 Å². The zero-order valence-corrected chi connectivity index (χ0v) is 15.1. The lowest BCUT2D eigenvalue weighted by Gasteiger charge is -2.21. The van der Waals surface area contributed by atoms with E-state index in [1.807, 2.05) is 24.3 Å². The molecule has 1 aliphatic heterocycles. The van der Waals surface area contributed by atoms with E-state index in [9.17, 15) is 9.59 Å². The van der Waals surface area contributed by atoms with Crippen LogP contribution in [-0.2, 0) is 4.79 Å². The molecule has 1 aliphatic rings. The van der Waals surface area contributed by atoms with Gasteiger partial charge >= 0.3 is 0 Å². The van der Waals surface area contributed by atoms with E-state index in [2.05, 4.69) is 24.5 Å². The van der Waals surface area contributed by atoms with E-state index in [1.165, 1.54) is 0 Å². The minimum atomic E-state index is -0.183. The van der Waals surface area contributed by atoms with E-state index in [0.717, 1.165) is 19.3 Å². The van der Waals surface area contributed by atoms with Gasteiger partial charge < -0.3 is 15.4 Å². The van der Waals surface area contributed by atoms with Gasteiger partial charge in [-0.1, -0.05) is 38.1 Å². The number of amides is 2. The van der Waals surface area contributed by atoms with Crippen LogP contribution in [0.2, 0.25) is 0 Å². The third-order valence-corrected chi connectivity index (χ3v) is 4.04. The van der Waals surface area contributed by atoms with Gasteiger partial charge in [0.15, 0.2) is 0 Å². The molecule has 25 heavy (non-hydrogen) atoms. The maximum Gasteiger partial charge on any atom is 0.255 e. The van der Waals surface area contributed by atoms with Crippen LogP contribution < -0.4 is 15.4 Å². The van der Waals surface area contributed by atoms with E-state index in [0.29, 0.717) is 36.8 Å². The third-order valence-electron chi connectivity index (χ3n) is 4.04. The topological polar surface area (TPSA) is 67.4 Å². The van der Waals surface area contributed by atoms with Gasteiger partial charge in [-0.3, -0.25) is 9.59 Å². The second-order valence-electron chi connectivity index (χ2n) is 6.77. The highest BCUT2D eigenvalue weighted by Gasteiger charge is 2.17. The number of allylic oxidation sites excluding steroid dienone is 1. The van der Waals surface area contributed by atoms with Crippen LogP contribution in [0.25, 0.3) is 0 Å². The van der Waals surface area contributed by atoms with Gasteiger partial charge in [0.1, 0.15) is 12.4 Å². The van der Waals surface area contributed by atoms with E-state index in [1.54, 1.807) is 12.1 Å². The molecule has 5 nitrogen and oxygen atoms in total. The Bertz CT molecular complexity index is 611. The van der Waals surface area contributed by atoms with Gasteiger partial charge in [-0.05, 0) is 37.3 Å². The number of rotatable bonds is 2. The second kappa shape index (κ2) is 9.87. The lowest BCUT2D eigenvalue weighted by Crippen LogP contribution is -2.44. The molecule has 136 valence electrons. The molecule has 1 atom stereocenters. The summed E-state index contributed by atoms with van der Waals surface area (Å²) in [6, 6.07) is 7.16. The number of fused-ring (bicyclic) bond motifs is 1. The SMILES string of the molecule is CC(C)C[C@H]1CNC(=O)c2ccccc2OC/C=C\CCCC(=O)N1. The molecular weight excluding hydrogens is 316 g/mol. The molecule has 5 heteroatoms. The quantitative estimate of drug-likeness (QED) is 0.810. The molecule has 0 fully saturated rings. The fourth-order valence-electron chi connectivity index (χ4n) is 2.86. The van der Waals surface area contributed by atoms with E-state index < -0.39 is 0 Å². The first-order valence-corrected chi connectivity index (χ1v) is 9.00. The number of benzene rings is 1. The number of hydrogen-bond donors (Lipinski definition) is 2. The maximum atomic E-state index is 12.5. The maximum absolute atomic E-state index is 12.5. The van der Waals surface area contributed by atoms with Gasteiger partial charge in [-0.15, -0.1) is 0 Å². The van der Waals surface area contributed by atoms with Gasteiger partial charge in [0.2, 0.25) is 5.91 Å². The highest BCUT2D eigenvalue weighted by molar-refractivity contribution is 5.96. The largest absolute Gasteiger partial charge is 0.489 e. The van der Waals surface area contributed by atoms with Crippen molar-refractivity contribution in [3.63, 3.8) is 0 Å². The van der Waals surface area contributed by atoms with Gasteiger partial charge in [0.25, 0.3) is 5.91 Å². The molecular formula is C20H28N2O3. The van der Waals surface area contributed by atoms with Crippen molar-refractivity contribution in [1.29, 1.82) is 0 Å². The average Bonchev–Trinajstić information content (AvgIpc) is 2.58. The molecule has 0 saturated carbocycles. The first-order chi connectivity index (χ1) is 12.1. The summed E-state index contributed by atoms with van der Waals surface area (Å²) in [4.78, 5) is 24.7. The average molecular weight is 344 g/mol. The number of nitrogens with one attached hydrogen (secondary N) is 2. The fraction of sp³-hybridized carbons (Fsp3) is 0.500. The first-order valence-electron chi connectivity index (χ1n) is 9.00. The summed E-state index contributed by atoms with van der Waals surface area (Å²) in [6.45, 7) is 5.04. The zero-order valence-electron chi connectivity index (χ0n) is 15.1. The van der Waals surface area contributed by atoms with Crippen molar-refractivity contribution >= 4 is 11.8 Å². The van der Waals surface area contributed by atoms with Crippen molar-refractivity contribution in [2.75, 3.05) is 13.2 Å². The molecule has 1 aromatic carbocycles. The summed E-state index contributed by atoms with van der Waals surface area (Å²) in [5, 5.41) is 5.99. The van der Waals surface area contributed by atoms with Crippen molar-refractivity contribution in [2.24, 2.45) is 5.92 Å². The molecule has 0 unspecified atom stereocenters. The van der Waals surface area contributed by atoms with Crippen LogP contribution >= 0.6 is 0 Å². The minimum absolute atomic E-state index is 0.0415. The van der Waals surface area contributed by atoms with Crippen molar-refractivity contribution in [2.45, 2.75) is 45.6 Å². The Morgan fingerprint density at radius 2 is 2.00 bits per heavy atom. The predicted molar refractivity (Wildman–Crippen MR) is 98.6 cm³/mol. The smallest absolute Gasteiger partial charge is 0.255 e. The lowest BCUT2D eigenvalue weighted by atomic mass is 10.0. The normalized spacial score (nSPS) is 21.2. The van der Waals surface area contributed by atoms with Crippen LogP contribution in [0.3, 0.4) is 0 Å². The van der Waals surface area contributed by atoms with Gasteiger partial charge in [-0.2, -0.15) is 0 Å². The Balaban J connectivity index is 2.14. The van der Waals surface area contributed by atoms with Gasteiger partial charge in [0.05, 0.1) is 5.56 Å². The van der Waals surface area contributed by atoms with Crippen molar-refractivity contribution in [1.82, 2.24) is 10.6 Å². The number of ether oxygens (including phenoxy) is 1. The first kappa shape index (κ1) is 19.0. The van der Waals surface area contributed by atoms with Crippen molar-refractivity contribution in [3.05, 3.63) is 42.0 Å². The molecule has 0 aromatic heterocycles. The number of para-hydroxylation sites is 1. The van der Waals surface area contributed by atoms with Crippen LogP contribution in [0.5, 0.6) is 5.75 Å². The van der Waals surface area contributed by atoms with Crippen LogP contribution in [0.4, 0.5) is 0 Å². The zero-order chi connectivity index (χ0) is 18.1. The summed E-state index contributed by atoms with van der Waals surface area (Å²) in [5.41, 5.74) is 0.514. The monoisotopic (exact) mass is 344 g/mol. The molecule has 0 aliphatic carbocycles. The second-order valence-corrected chi connectivity index (χ2v) is 6.77. The molecule has 2 rings (SSSR count). The standard InChI is InChI=1S/C20H28N2O3/c1-15(2)13-16-14-21-20(24)17-9-6-7-10-18(17)25-12-8-4-3-5-11-19(23)22-16/h4,6-10,15-16H,3,5,11-14H2,1-2H3,(H,21,24)(H,22,23)/b8-4-/t16-/m0/s1. The Morgan fingerprint density at radius 3 is 2.80 bits per heavy atom. The van der Waals surface area contributed by atoms with Gasteiger partial charge in [0, 0.05) is 19.0 Å². The van der Waals surface area contributed by atoms with E-state index >= 15 is 0 Å². The molecule has 0 saturated heterocycles. The number of carbonyl (C=O) groups is 2. The third kappa shape index (κ3) is 6.61. The van der Waals surface area contributed by atoms with Crippen LogP contribution in [0.15, 0.2) is 36.4 Å². The fourth-order valence-corrected chi connectivity index (χ4v) is 2.86. The summed E-state index contributed by atoms with van der Waals surface area (Å²) in [5.74, 6) is 0.865. The summed E-state index contributed by atoms with van der Waals surface area (Å²) < 4.78 is 5.72. The molecule has 0 spiro atoms. The summed E-state index contributed by atoms with van der Waals surface area (Å²) in [6.07, 6.45) is 6.90. The molecule has 1 aromatic rings. The minimum Gasteiger partial charge on any atom is -0.489 e. The van der Waals surface area contributed by atoms with Crippen LogP contribution in [0.1, 0.15) is 49.9 Å². The lowest BCUT2D eigenvalue weighted by molar-refractivity contribution is -0.121. The van der Waals surface area contributed by atoms with Crippen molar-refractivity contribution in [3.8, 4) is 5.75 Å². The molecule has 2 amide bonds. The number of carbonyl (C=O) groups excluding carboxylic acids is 2. The number of hydrogen-bond acceptors (Lipinski definition) is 3. The van der Waals surface area contributed by atoms with E-state index in [4.69, 9.17) is 4.74 Å².